The summed E-state index contributed by atoms with van der Waals surface area (Å²) in [4.78, 5) is 18.7. The lowest BCUT2D eigenvalue weighted by Gasteiger charge is -2.16. The molecule has 0 saturated heterocycles. The summed E-state index contributed by atoms with van der Waals surface area (Å²) in [5, 5.41) is 7.47. The number of aryl methyl sites for hydroxylation is 3. The van der Waals surface area contributed by atoms with Gasteiger partial charge in [-0.2, -0.15) is 5.10 Å². The number of carbonyl (C=O) groups is 1. The van der Waals surface area contributed by atoms with Crippen molar-refractivity contribution in [2.75, 3.05) is 27.2 Å². The van der Waals surface area contributed by atoms with E-state index in [2.05, 4.69) is 15.4 Å². The van der Waals surface area contributed by atoms with Crippen LogP contribution in [0.5, 0.6) is 0 Å². The fraction of sp³-hybridized carbons (Fsp3) is 0.500. The van der Waals surface area contributed by atoms with E-state index in [0.717, 1.165) is 17.9 Å². The lowest BCUT2D eigenvalue weighted by atomic mass is 10.2. The van der Waals surface area contributed by atoms with Crippen molar-refractivity contribution in [1.82, 2.24) is 24.8 Å². The Balaban J connectivity index is 0.00000220. The van der Waals surface area contributed by atoms with Crippen LogP contribution in [0.1, 0.15) is 27.4 Å². The Labute approximate surface area is 131 Å². The monoisotopic (exact) mass is 311 g/mol. The molecule has 2 aromatic heterocycles. The number of aromatic nitrogens is 3. The summed E-state index contributed by atoms with van der Waals surface area (Å²) in [7, 11) is 3.67. The maximum Gasteiger partial charge on any atom is 0.259 e. The summed E-state index contributed by atoms with van der Waals surface area (Å²) in [5.74, 6) is -0.0368. The van der Waals surface area contributed by atoms with Crippen LogP contribution in [0, 0.1) is 20.8 Å². The molecular formula is C14H22ClN5O. The van der Waals surface area contributed by atoms with Gasteiger partial charge in [0.15, 0.2) is 5.65 Å². The molecular weight excluding hydrogens is 290 g/mol. The highest BCUT2D eigenvalue weighted by atomic mass is 35.5. The molecule has 0 unspecified atom stereocenters. The fourth-order valence-electron chi connectivity index (χ4n) is 2.25. The van der Waals surface area contributed by atoms with Gasteiger partial charge in [-0.05, 0) is 33.9 Å². The van der Waals surface area contributed by atoms with Gasteiger partial charge < -0.3 is 10.2 Å². The number of carbonyl (C=O) groups excluding carboxylic acids is 1. The first kappa shape index (κ1) is 17.4. The van der Waals surface area contributed by atoms with Gasteiger partial charge in [-0.3, -0.25) is 4.79 Å². The first-order valence-corrected chi connectivity index (χ1v) is 6.69. The van der Waals surface area contributed by atoms with Gasteiger partial charge >= 0.3 is 0 Å². The standard InChI is InChI=1S/C14H21N5O.ClH/c1-9-8-10(2)19-13(16-9)12(11(3)17-19)14(20)18(5)7-6-15-4;/h8,15H,6-7H2,1-5H3;1H. The molecule has 0 bridgehead atoms. The number of fused-ring (bicyclic) bond motifs is 1. The zero-order valence-electron chi connectivity index (χ0n) is 13.1. The highest BCUT2D eigenvalue weighted by molar-refractivity contribution is 6.00. The van der Waals surface area contributed by atoms with Crippen LogP contribution >= 0.6 is 12.4 Å². The Hall–Kier alpha value is -1.66. The maximum atomic E-state index is 12.6. The molecule has 2 heterocycles. The molecule has 2 aromatic rings. The second-order valence-corrected chi connectivity index (χ2v) is 5.06. The molecule has 116 valence electrons. The topological polar surface area (TPSA) is 62.5 Å². The number of nitrogens with one attached hydrogen (secondary N) is 1. The van der Waals surface area contributed by atoms with Crippen LogP contribution in [-0.4, -0.2) is 52.6 Å². The van der Waals surface area contributed by atoms with Crippen LogP contribution in [0.3, 0.4) is 0 Å². The van der Waals surface area contributed by atoms with E-state index in [1.54, 1.807) is 16.5 Å². The quantitative estimate of drug-likeness (QED) is 0.926. The van der Waals surface area contributed by atoms with Crippen molar-refractivity contribution < 1.29 is 4.79 Å². The fourth-order valence-corrected chi connectivity index (χ4v) is 2.25. The third kappa shape index (κ3) is 3.33. The summed E-state index contributed by atoms with van der Waals surface area (Å²) in [5.41, 5.74) is 3.82. The third-order valence-electron chi connectivity index (χ3n) is 3.33. The van der Waals surface area contributed by atoms with E-state index in [-0.39, 0.29) is 18.3 Å². The van der Waals surface area contributed by atoms with E-state index in [1.165, 1.54) is 0 Å². The van der Waals surface area contributed by atoms with E-state index >= 15 is 0 Å². The first-order valence-electron chi connectivity index (χ1n) is 6.69. The van der Waals surface area contributed by atoms with Crippen LogP contribution in [0.2, 0.25) is 0 Å². The van der Waals surface area contributed by atoms with Crippen molar-refractivity contribution in [3.05, 3.63) is 28.7 Å². The minimum atomic E-state index is -0.0368. The number of hydrogen-bond donors (Lipinski definition) is 1. The van der Waals surface area contributed by atoms with Gasteiger partial charge in [0.1, 0.15) is 5.56 Å². The van der Waals surface area contributed by atoms with Gasteiger partial charge in [0.05, 0.1) is 5.69 Å². The van der Waals surface area contributed by atoms with Crippen molar-refractivity contribution in [1.29, 1.82) is 0 Å². The zero-order chi connectivity index (χ0) is 14.9. The molecule has 0 aliphatic carbocycles. The van der Waals surface area contributed by atoms with Crippen LogP contribution in [0.15, 0.2) is 6.07 Å². The normalized spacial score (nSPS) is 10.5. The molecule has 0 fully saturated rings. The number of likely N-dealkylation sites (N-methyl/N-ethyl adjacent to an activating group) is 2. The molecule has 0 saturated carbocycles. The SMILES string of the molecule is CNCCN(C)C(=O)c1c(C)nn2c(C)cc(C)nc12.Cl. The summed E-state index contributed by atoms with van der Waals surface area (Å²) in [6, 6.07) is 1.96. The van der Waals surface area contributed by atoms with Gasteiger partial charge in [0.2, 0.25) is 0 Å². The molecule has 0 atom stereocenters. The van der Waals surface area contributed by atoms with E-state index in [4.69, 9.17) is 0 Å². The largest absolute Gasteiger partial charge is 0.340 e. The van der Waals surface area contributed by atoms with E-state index in [1.807, 2.05) is 33.9 Å². The molecule has 6 nitrogen and oxygen atoms in total. The Bertz CT molecular complexity index is 652. The number of amides is 1. The molecule has 7 heteroatoms. The van der Waals surface area contributed by atoms with Gasteiger partial charge in [-0.25, -0.2) is 9.50 Å². The van der Waals surface area contributed by atoms with E-state index in [0.29, 0.717) is 23.4 Å². The third-order valence-corrected chi connectivity index (χ3v) is 3.33. The highest BCUT2D eigenvalue weighted by Gasteiger charge is 2.22. The average Bonchev–Trinajstić information content (AvgIpc) is 2.71. The molecule has 0 aromatic carbocycles. The van der Waals surface area contributed by atoms with Gasteiger partial charge in [-0.15, -0.1) is 12.4 Å². The Kier molecular flexibility index (Phi) is 5.69. The number of halogens is 1. The Morgan fingerprint density at radius 1 is 1.38 bits per heavy atom. The predicted octanol–water partition coefficient (Wildman–Crippen LogP) is 1.37. The summed E-state index contributed by atoms with van der Waals surface area (Å²) >= 11 is 0. The van der Waals surface area contributed by atoms with Crippen LogP contribution < -0.4 is 5.32 Å². The minimum absolute atomic E-state index is 0. The van der Waals surface area contributed by atoms with Gasteiger partial charge in [0, 0.05) is 31.5 Å². The number of nitrogens with zero attached hydrogens (tertiary/aromatic N) is 4. The molecule has 0 aliphatic heterocycles. The number of rotatable bonds is 4. The summed E-state index contributed by atoms with van der Waals surface area (Å²) in [6.45, 7) is 7.15. The van der Waals surface area contributed by atoms with E-state index < -0.39 is 0 Å². The number of hydrogen-bond acceptors (Lipinski definition) is 4. The van der Waals surface area contributed by atoms with Crippen molar-refractivity contribution in [2.45, 2.75) is 20.8 Å². The zero-order valence-corrected chi connectivity index (χ0v) is 13.9. The van der Waals surface area contributed by atoms with Crippen LogP contribution in [0.4, 0.5) is 0 Å². The predicted molar refractivity (Wildman–Crippen MR) is 85.3 cm³/mol. The van der Waals surface area contributed by atoms with Crippen molar-refractivity contribution in [3.63, 3.8) is 0 Å². The maximum absolute atomic E-state index is 12.6. The van der Waals surface area contributed by atoms with Crippen LogP contribution in [0.25, 0.3) is 5.65 Å². The lowest BCUT2D eigenvalue weighted by Crippen LogP contribution is -2.33. The van der Waals surface area contributed by atoms with Crippen LogP contribution in [-0.2, 0) is 0 Å². The average molecular weight is 312 g/mol. The summed E-state index contributed by atoms with van der Waals surface area (Å²) < 4.78 is 1.74. The molecule has 1 N–H and O–H groups in total. The Morgan fingerprint density at radius 2 is 2.05 bits per heavy atom. The molecule has 2 rings (SSSR count). The summed E-state index contributed by atoms with van der Waals surface area (Å²) in [6.07, 6.45) is 0. The highest BCUT2D eigenvalue weighted by Crippen LogP contribution is 2.17. The second-order valence-electron chi connectivity index (χ2n) is 5.06. The van der Waals surface area contributed by atoms with Crippen molar-refractivity contribution in [3.8, 4) is 0 Å². The van der Waals surface area contributed by atoms with Gasteiger partial charge in [0.25, 0.3) is 5.91 Å². The minimum Gasteiger partial charge on any atom is -0.340 e. The Morgan fingerprint density at radius 3 is 2.67 bits per heavy atom. The molecule has 0 aliphatic rings. The van der Waals surface area contributed by atoms with Crippen molar-refractivity contribution in [2.24, 2.45) is 0 Å². The van der Waals surface area contributed by atoms with E-state index in [9.17, 15) is 4.79 Å². The molecule has 21 heavy (non-hydrogen) atoms. The van der Waals surface area contributed by atoms with Crippen molar-refractivity contribution >= 4 is 24.0 Å². The molecule has 0 spiro atoms. The smallest absolute Gasteiger partial charge is 0.259 e. The molecule has 1 amide bonds. The second kappa shape index (κ2) is 6.87. The van der Waals surface area contributed by atoms with Gasteiger partial charge in [-0.1, -0.05) is 0 Å². The molecule has 0 radical (unpaired) electrons. The lowest BCUT2D eigenvalue weighted by molar-refractivity contribution is 0.0798. The first-order chi connectivity index (χ1) is 9.45.